The van der Waals surface area contributed by atoms with Crippen LogP contribution in [0.15, 0.2) is 47.4 Å². The fraction of sp³-hybridized carbons (Fsp3) is 0.167. The Morgan fingerprint density at radius 1 is 1.08 bits per heavy atom. The van der Waals surface area contributed by atoms with Gasteiger partial charge in [-0.3, -0.25) is 9.52 Å². The normalized spacial score (nSPS) is 10.7. The molecule has 0 bridgehead atoms. The highest BCUT2D eigenvalue weighted by Crippen LogP contribution is 2.19. The number of benzene rings is 2. The van der Waals surface area contributed by atoms with E-state index >= 15 is 0 Å². The van der Waals surface area contributed by atoms with Crippen molar-refractivity contribution in [3.05, 3.63) is 59.2 Å². The van der Waals surface area contributed by atoms with Gasteiger partial charge in [0.05, 0.1) is 11.4 Å². The van der Waals surface area contributed by atoms with E-state index in [1.54, 1.807) is 18.2 Å². The largest absolute Gasteiger partial charge is 0.341 e. The minimum absolute atomic E-state index is 0.139. The van der Waals surface area contributed by atoms with Crippen LogP contribution in [0.1, 0.15) is 21.5 Å². The lowest BCUT2D eigenvalue weighted by molar-refractivity contribution is 0.0958. The van der Waals surface area contributed by atoms with Crippen LogP contribution in [0.25, 0.3) is 0 Å². The van der Waals surface area contributed by atoms with Gasteiger partial charge in [-0.25, -0.2) is 8.42 Å². The Bertz CT molecular complexity index is 895. The predicted molar refractivity (Wildman–Crippen MR) is 94.3 cm³/mol. The molecule has 0 saturated carbocycles. The van der Waals surface area contributed by atoms with Crippen molar-refractivity contribution in [3.8, 4) is 12.3 Å². The molecule has 1 amide bonds. The zero-order valence-electron chi connectivity index (χ0n) is 13.5. The summed E-state index contributed by atoms with van der Waals surface area (Å²) in [6.07, 6.45) is 5.08. The topological polar surface area (TPSA) is 75.3 Å². The first-order valence-electron chi connectivity index (χ1n) is 7.25. The summed E-state index contributed by atoms with van der Waals surface area (Å²) in [5.41, 5.74) is 2.70. The fourth-order valence-electron chi connectivity index (χ4n) is 2.02. The minimum Gasteiger partial charge on any atom is -0.341 e. The third kappa shape index (κ3) is 4.15. The minimum atomic E-state index is -3.68. The zero-order chi connectivity index (χ0) is 17.7. The Morgan fingerprint density at radius 2 is 1.75 bits per heavy atom. The van der Waals surface area contributed by atoms with E-state index < -0.39 is 10.0 Å². The van der Waals surface area contributed by atoms with Crippen molar-refractivity contribution < 1.29 is 13.2 Å². The molecule has 0 spiro atoms. The summed E-state index contributed by atoms with van der Waals surface area (Å²) in [7, 11) is -3.68. The Labute approximate surface area is 142 Å². The van der Waals surface area contributed by atoms with Crippen LogP contribution in [-0.2, 0) is 10.0 Å². The van der Waals surface area contributed by atoms with Gasteiger partial charge in [0, 0.05) is 11.3 Å². The average molecular weight is 342 g/mol. The number of aryl methyl sites for hydroxylation is 2. The van der Waals surface area contributed by atoms with Gasteiger partial charge < -0.3 is 5.32 Å². The highest BCUT2D eigenvalue weighted by atomic mass is 32.2. The number of nitrogens with one attached hydrogen (secondary N) is 2. The maximum absolute atomic E-state index is 12.4. The Morgan fingerprint density at radius 3 is 2.33 bits per heavy atom. The molecule has 0 aliphatic rings. The van der Waals surface area contributed by atoms with Crippen LogP contribution in [0.5, 0.6) is 0 Å². The highest BCUT2D eigenvalue weighted by molar-refractivity contribution is 7.92. The van der Waals surface area contributed by atoms with Crippen molar-refractivity contribution in [1.29, 1.82) is 0 Å². The Hall–Kier alpha value is -2.78. The summed E-state index contributed by atoms with van der Waals surface area (Å²) in [6.45, 7) is 3.92. The summed E-state index contributed by atoms with van der Waals surface area (Å²) in [4.78, 5) is 11.9. The molecule has 0 fully saturated rings. The lowest BCUT2D eigenvalue weighted by Gasteiger charge is -2.10. The molecule has 0 radical (unpaired) electrons. The molecule has 0 aliphatic heterocycles. The van der Waals surface area contributed by atoms with Gasteiger partial charge in [-0.2, -0.15) is 0 Å². The number of carbonyl (C=O) groups is 1. The van der Waals surface area contributed by atoms with Crippen molar-refractivity contribution in [2.24, 2.45) is 0 Å². The van der Waals surface area contributed by atoms with Gasteiger partial charge in [0.2, 0.25) is 0 Å². The first-order valence-corrected chi connectivity index (χ1v) is 8.73. The molecule has 124 valence electrons. The quantitative estimate of drug-likeness (QED) is 0.820. The Kier molecular flexibility index (Phi) is 5.27. The third-order valence-corrected chi connectivity index (χ3v) is 4.92. The van der Waals surface area contributed by atoms with Crippen LogP contribution in [0.4, 0.5) is 5.69 Å². The van der Waals surface area contributed by atoms with Crippen molar-refractivity contribution >= 4 is 21.6 Å². The summed E-state index contributed by atoms with van der Waals surface area (Å²) in [6, 6.07) is 11.1. The summed E-state index contributed by atoms with van der Waals surface area (Å²) < 4.78 is 27.3. The van der Waals surface area contributed by atoms with E-state index in [1.165, 1.54) is 24.3 Å². The second kappa shape index (κ2) is 7.20. The molecule has 24 heavy (non-hydrogen) atoms. The number of sulfonamides is 1. The molecule has 0 unspecified atom stereocenters. The number of hydrogen-bond acceptors (Lipinski definition) is 3. The SMILES string of the molecule is C#CCNC(=O)c1ccc(NS(=O)(=O)c2ccc(C)c(C)c2)cc1. The van der Waals surface area contributed by atoms with E-state index in [9.17, 15) is 13.2 Å². The first kappa shape index (κ1) is 17.6. The maximum atomic E-state index is 12.4. The van der Waals surface area contributed by atoms with Crippen molar-refractivity contribution in [2.75, 3.05) is 11.3 Å². The first-order chi connectivity index (χ1) is 11.3. The van der Waals surface area contributed by atoms with Gasteiger partial charge in [0.1, 0.15) is 0 Å². The van der Waals surface area contributed by atoms with Crippen LogP contribution in [-0.4, -0.2) is 20.9 Å². The van der Waals surface area contributed by atoms with Crippen molar-refractivity contribution in [1.82, 2.24) is 5.32 Å². The molecule has 0 saturated heterocycles. The van der Waals surface area contributed by atoms with Gasteiger partial charge in [-0.05, 0) is 61.4 Å². The molecule has 0 aliphatic carbocycles. The molecule has 2 N–H and O–H groups in total. The molecule has 6 heteroatoms. The molecule has 2 aromatic rings. The van der Waals surface area contributed by atoms with Crippen LogP contribution >= 0.6 is 0 Å². The van der Waals surface area contributed by atoms with E-state index in [2.05, 4.69) is 16.0 Å². The van der Waals surface area contributed by atoms with Crippen LogP contribution in [0.3, 0.4) is 0 Å². The third-order valence-electron chi connectivity index (χ3n) is 3.54. The second-order valence-electron chi connectivity index (χ2n) is 5.32. The van der Waals surface area contributed by atoms with Crippen LogP contribution < -0.4 is 10.0 Å². The van der Waals surface area contributed by atoms with Crippen LogP contribution in [0.2, 0.25) is 0 Å². The highest BCUT2D eigenvalue weighted by Gasteiger charge is 2.15. The standard InChI is InChI=1S/C18H18N2O3S/c1-4-11-19-18(21)15-6-8-16(9-7-15)20-24(22,23)17-10-5-13(2)14(3)12-17/h1,5-10,12,20H,11H2,2-3H3,(H,19,21). The smallest absolute Gasteiger partial charge is 0.261 e. The van der Waals surface area contributed by atoms with E-state index in [0.29, 0.717) is 11.3 Å². The lowest BCUT2D eigenvalue weighted by Crippen LogP contribution is -2.23. The fourth-order valence-corrected chi connectivity index (χ4v) is 3.16. The van der Waals surface area contributed by atoms with Crippen LogP contribution in [0, 0.1) is 26.2 Å². The van der Waals surface area contributed by atoms with Crippen molar-refractivity contribution in [2.45, 2.75) is 18.7 Å². The summed E-state index contributed by atoms with van der Waals surface area (Å²) in [5.74, 6) is 2.01. The second-order valence-corrected chi connectivity index (χ2v) is 7.00. The van der Waals surface area contributed by atoms with Crippen molar-refractivity contribution in [3.63, 3.8) is 0 Å². The Balaban J connectivity index is 2.17. The number of hydrogen-bond donors (Lipinski definition) is 2. The number of carbonyl (C=O) groups excluding carboxylic acids is 1. The molecule has 2 aromatic carbocycles. The number of rotatable bonds is 5. The van der Waals surface area contributed by atoms with E-state index in [0.717, 1.165) is 11.1 Å². The summed E-state index contributed by atoms with van der Waals surface area (Å²) >= 11 is 0. The molecular formula is C18H18N2O3S. The molecule has 0 aromatic heterocycles. The van der Waals surface area contributed by atoms with E-state index in [-0.39, 0.29) is 17.3 Å². The van der Waals surface area contributed by atoms with E-state index in [1.807, 2.05) is 13.8 Å². The summed E-state index contributed by atoms with van der Waals surface area (Å²) in [5, 5.41) is 2.54. The van der Waals surface area contributed by atoms with E-state index in [4.69, 9.17) is 6.42 Å². The average Bonchev–Trinajstić information content (AvgIpc) is 2.55. The number of anilines is 1. The number of amides is 1. The van der Waals surface area contributed by atoms with Gasteiger partial charge >= 0.3 is 0 Å². The molecule has 5 nitrogen and oxygen atoms in total. The molecular weight excluding hydrogens is 324 g/mol. The van der Waals surface area contributed by atoms with Gasteiger partial charge in [0.15, 0.2) is 0 Å². The molecule has 0 atom stereocenters. The van der Waals surface area contributed by atoms with Gasteiger partial charge in [0.25, 0.3) is 15.9 Å². The maximum Gasteiger partial charge on any atom is 0.261 e. The zero-order valence-corrected chi connectivity index (χ0v) is 14.3. The van der Waals surface area contributed by atoms with Gasteiger partial charge in [-0.15, -0.1) is 6.42 Å². The number of terminal acetylenes is 1. The lowest BCUT2D eigenvalue weighted by atomic mass is 10.1. The van der Waals surface area contributed by atoms with Gasteiger partial charge in [-0.1, -0.05) is 12.0 Å². The molecule has 2 rings (SSSR count). The monoisotopic (exact) mass is 342 g/mol. The predicted octanol–water partition coefficient (Wildman–Crippen LogP) is 2.47. The molecule has 0 heterocycles.